The average Bonchev–Trinajstić information content (AvgIpc) is 2.29. The Hall–Kier alpha value is -1.01. The van der Waals surface area contributed by atoms with Crippen LogP contribution in [0.1, 0.15) is 47.0 Å². The van der Waals surface area contributed by atoms with Gasteiger partial charge in [0.05, 0.1) is 6.54 Å². The fourth-order valence-electron chi connectivity index (χ4n) is 2.03. The second-order valence-corrected chi connectivity index (χ2v) is 5.49. The standard InChI is InChI=1S/C15H25NO2/c1-13(2)15(4,18-14(3)17)9-8-12-16-10-6-5-7-11-16/h13H,5-7,10-12H2,1-4H3. The van der Waals surface area contributed by atoms with E-state index in [9.17, 15) is 4.79 Å². The number of nitrogens with zero attached hydrogens (tertiary/aromatic N) is 1. The smallest absolute Gasteiger partial charge is 0.304 e. The van der Waals surface area contributed by atoms with E-state index in [2.05, 4.69) is 16.7 Å². The largest absolute Gasteiger partial charge is 0.446 e. The van der Waals surface area contributed by atoms with Gasteiger partial charge in [-0.1, -0.05) is 32.1 Å². The predicted octanol–water partition coefficient (Wildman–Crippen LogP) is 2.45. The SMILES string of the molecule is CC(=O)OC(C)(C#CCN1CCCCC1)C(C)C. The Labute approximate surface area is 111 Å². The van der Waals surface area contributed by atoms with E-state index in [1.807, 2.05) is 20.8 Å². The normalized spacial score (nSPS) is 19.8. The van der Waals surface area contributed by atoms with E-state index < -0.39 is 5.60 Å². The minimum atomic E-state index is -0.665. The third-order valence-electron chi connectivity index (χ3n) is 3.55. The first-order valence-corrected chi connectivity index (χ1v) is 6.86. The topological polar surface area (TPSA) is 29.5 Å². The van der Waals surface area contributed by atoms with Gasteiger partial charge in [-0.05, 0) is 32.9 Å². The van der Waals surface area contributed by atoms with Gasteiger partial charge in [-0.2, -0.15) is 0 Å². The monoisotopic (exact) mass is 251 g/mol. The van der Waals surface area contributed by atoms with Crippen LogP contribution in [0.2, 0.25) is 0 Å². The number of hydrogen-bond acceptors (Lipinski definition) is 3. The zero-order valence-corrected chi connectivity index (χ0v) is 12.1. The van der Waals surface area contributed by atoms with Gasteiger partial charge in [0.15, 0.2) is 5.60 Å². The molecule has 1 unspecified atom stereocenters. The first kappa shape index (κ1) is 15.0. The molecular formula is C15H25NO2. The second kappa shape index (κ2) is 6.80. The molecule has 1 heterocycles. The van der Waals surface area contributed by atoms with Crippen LogP contribution in [-0.4, -0.2) is 36.1 Å². The van der Waals surface area contributed by atoms with Crippen LogP contribution in [0.15, 0.2) is 0 Å². The fraction of sp³-hybridized carbons (Fsp3) is 0.800. The number of ether oxygens (including phenoxy) is 1. The maximum atomic E-state index is 11.1. The molecule has 1 aliphatic rings. The molecule has 0 bridgehead atoms. The zero-order valence-electron chi connectivity index (χ0n) is 12.1. The highest BCUT2D eigenvalue weighted by Gasteiger charge is 2.29. The molecule has 0 saturated carbocycles. The molecule has 3 heteroatoms. The molecule has 0 N–H and O–H groups in total. The van der Waals surface area contributed by atoms with Crippen LogP contribution in [-0.2, 0) is 9.53 Å². The molecule has 1 fully saturated rings. The summed E-state index contributed by atoms with van der Waals surface area (Å²) in [5.74, 6) is 6.25. The maximum Gasteiger partial charge on any atom is 0.304 e. The molecular weight excluding hydrogens is 226 g/mol. The van der Waals surface area contributed by atoms with Crippen molar-refractivity contribution in [3.8, 4) is 11.8 Å². The summed E-state index contributed by atoms with van der Waals surface area (Å²) in [7, 11) is 0. The van der Waals surface area contributed by atoms with Gasteiger partial charge in [-0.3, -0.25) is 9.69 Å². The Morgan fingerprint density at radius 2 is 1.94 bits per heavy atom. The van der Waals surface area contributed by atoms with E-state index in [4.69, 9.17) is 4.74 Å². The van der Waals surface area contributed by atoms with Gasteiger partial charge in [0.25, 0.3) is 0 Å². The van der Waals surface area contributed by atoms with Crippen molar-refractivity contribution >= 4 is 5.97 Å². The van der Waals surface area contributed by atoms with E-state index in [0.717, 1.165) is 19.6 Å². The minimum Gasteiger partial charge on any atom is -0.446 e. The maximum absolute atomic E-state index is 11.1. The number of hydrogen-bond donors (Lipinski definition) is 0. The molecule has 1 atom stereocenters. The van der Waals surface area contributed by atoms with Gasteiger partial charge < -0.3 is 4.74 Å². The highest BCUT2D eigenvalue weighted by molar-refractivity contribution is 5.67. The van der Waals surface area contributed by atoms with E-state index in [-0.39, 0.29) is 11.9 Å². The van der Waals surface area contributed by atoms with Crippen molar-refractivity contribution < 1.29 is 9.53 Å². The van der Waals surface area contributed by atoms with Crippen molar-refractivity contribution in [1.82, 2.24) is 4.90 Å². The first-order chi connectivity index (χ1) is 8.44. The molecule has 0 aromatic heterocycles. The number of carbonyl (C=O) groups is 1. The van der Waals surface area contributed by atoms with Crippen molar-refractivity contribution in [3.05, 3.63) is 0 Å². The Balaban J connectivity index is 2.57. The first-order valence-electron chi connectivity index (χ1n) is 6.86. The summed E-state index contributed by atoms with van der Waals surface area (Å²) in [5, 5.41) is 0. The third kappa shape index (κ3) is 4.70. The van der Waals surface area contributed by atoms with E-state index >= 15 is 0 Å². The summed E-state index contributed by atoms with van der Waals surface area (Å²) in [5.41, 5.74) is -0.665. The van der Waals surface area contributed by atoms with E-state index in [0.29, 0.717) is 0 Å². The molecule has 0 aliphatic carbocycles. The molecule has 1 aliphatic heterocycles. The number of carbonyl (C=O) groups excluding carboxylic acids is 1. The van der Waals surface area contributed by atoms with Crippen LogP contribution in [0.4, 0.5) is 0 Å². The predicted molar refractivity (Wildman–Crippen MR) is 73.1 cm³/mol. The van der Waals surface area contributed by atoms with Crippen LogP contribution < -0.4 is 0 Å². The van der Waals surface area contributed by atoms with Crippen molar-refractivity contribution in [2.45, 2.75) is 52.6 Å². The molecule has 1 saturated heterocycles. The lowest BCUT2D eigenvalue weighted by atomic mass is 9.93. The van der Waals surface area contributed by atoms with Gasteiger partial charge in [0.1, 0.15) is 0 Å². The molecule has 102 valence electrons. The van der Waals surface area contributed by atoms with Gasteiger partial charge in [-0.15, -0.1) is 0 Å². The second-order valence-electron chi connectivity index (χ2n) is 5.49. The van der Waals surface area contributed by atoms with Crippen LogP contribution >= 0.6 is 0 Å². The fourth-order valence-corrected chi connectivity index (χ4v) is 2.03. The molecule has 0 aromatic rings. The molecule has 18 heavy (non-hydrogen) atoms. The van der Waals surface area contributed by atoms with E-state index in [1.165, 1.54) is 26.2 Å². The van der Waals surface area contributed by atoms with Gasteiger partial charge in [-0.25, -0.2) is 0 Å². The lowest BCUT2D eigenvalue weighted by Crippen LogP contribution is -2.35. The molecule has 0 spiro atoms. The summed E-state index contributed by atoms with van der Waals surface area (Å²) in [6.07, 6.45) is 3.88. The van der Waals surface area contributed by atoms with Gasteiger partial charge in [0, 0.05) is 12.8 Å². The van der Waals surface area contributed by atoms with Crippen molar-refractivity contribution in [1.29, 1.82) is 0 Å². The van der Waals surface area contributed by atoms with Crippen molar-refractivity contribution in [2.75, 3.05) is 19.6 Å². The number of esters is 1. The Morgan fingerprint density at radius 1 is 1.33 bits per heavy atom. The lowest BCUT2D eigenvalue weighted by Gasteiger charge is -2.28. The Bertz CT molecular complexity index is 334. The van der Waals surface area contributed by atoms with Crippen LogP contribution in [0, 0.1) is 17.8 Å². The average molecular weight is 251 g/mol. The van der Waals surface area contributed by atoms with Crippen LogP contribution in [0.5, 0.6) is 0 Å². The molecule has 1 rings (SSSR count). The Kier molecular flexibility index (Phi) is 5.68. The lowest BCUT2D eigenvalue weighted by molar-refractivity contribution is -0.153. The summed E-state index contributed by atoms with van der Waals surface area (Å²) in [6, 6.07) is 0. The Morgan fingerprint density at radius 3 is 2.44 bits per heavy atom. The molecule has 0 aromatic carbocycles. The van der Waals surface area contributed by atoms with Crippen molar-refractivity contribution in [3.63, 3.8) is 0 Å². The number of likely N-dealkylation sites (tertiary alicyclic amines) is 1. The zero-order chi connectivity index (χ0) is 13.6. The van der Waals surface area contributed by atoms with Gasteiger partial charge >= 0.3 is 5.97 Å². The summed E-state index contributed by atoms with van der Waals surface area (Å²) in [6.45, 7) is 10.4. The van der Waals surface area contributed by atoms with E-state index in [1.54, 1.807) is 0 Å². The van der Waals surface area contributed by atoms with Crippen LogP contribution in [0.25, 0.3) is 0 Å². The minimum absolute atomic E-state index is 0.190. The number of rotatable bonds is 3. The summed E-state index contributed by atoms with van der Waals surface area (Å²) >= 11 is 0. The molecule has 3 nitrogen and oxygen atoms in total. The summed E-state index contributed by atoms with van der Waals surface area (Å²) < 4.78 is 5.36. The quantitative estimate of drug-likeness (QED) is 0.570. The van der Waals surface area contributed by atoms with Gasteiger partial charge in [0.2, 0.25) is 0 Å². The highest BCUT2D eigenvalue weighted by atomic mass is 16.6. The summed E-state index contributed by atoms with van der Waals surface area (Å²) in [4.78, 5) is 13.5. The van der Waals surface area contributed by atoms with Crippen molar-refractivity contribution in [2.24, 2.45) is 5.92 Å². The number of piperidine rings is 1. The van der Waals surface area contributed by atoms with Crippen LogP contribution in [0.3, 0.4) is 0 Å². The highest BCUT2D eigenvalue weighted by Crippen LogP contribution is 2.20. The third-order valence-corrected chi connectivity index (χ3v) is 3.55. The molecule has 0 amide bonds. The molecule has 0 radical (unpaired) electrons.